The number of ether oxygens (including phenoxy) is 1. The minimum Gasteiger partial charge on any atom is -0.481 e. The van der Waals surface area contributed by atoms with E-state index in [1.165, 1.54) is 0 Å². The number of aliphatic carboxylic acids is 1. The Morgan fingerprint density at radius 3 is 1.98 bits per heavy atom. The summed E-state index contributed by atoms with van der Waals surface area (Å²) in [6.07, 6.45) is -1.95. The first-order valence-electron chi connectivity index (χ1n) is 16.8. The SMILES string of the molecule is CC[C@@H]1CC(N(Cc2cc(C(F)(F)F)cc(C(F)(F)F)c2)c2ncc(C3C=NN(C)C3)cn2)C[C@H](CC)N1C(=O)OCC1(C(=O)O)CCCC1. The number of aromatic nitrogens is 2. The number of piperidine rings is 1. The Morgan fingerprint density at radius 1 is 0.960 bits per heavy atom. The van der Waals surface area contributed by atoms with Crippen LogP contribution < -0.4 is 4.90 Å². The van der Waals surface area contributed by atoms with Crippen molar-refractivity contribution < 1.29 is 45.8 Å². The zero-order valence-electron chi connectivity index (χ0n) is 28.2. The molecule has 3 heterocycles. The summed E-state index contributed by atoms with van der Waals surface area (Å²) in [7, 11) is 1.81. The number of halogens is 6. The minimum atomic E-state index is -5.01. The van der Waals surface area contributed by atoms with Crippen molar-refractivity contribution >= 4 is 24.2 Å². The molecule has 1 saturated carbocycles. The van der Waals surface area contributed by atoms with E-state index in [-0.39, 0.29) is 36.6 Å². The van der Waals surface area contributed by atoms with Crippen LogP contribution in [0.3, 0.4) is 0 Å². The van der Waals surface area contributed by atoms with Crippen LogP contribution in [0, 0.1) is 5.41 Å². The summed E-state index contributed by atoms with van der Waals surface area (Å²) in [5.74, 6) is -0.968. The number of nitrogens with zero attached hydrogens (tertiary/aromatic N) is 6. The molecule has 1 aromatic heterocycles. The van der Waals surface area contributed by atoms with Gasteiger partial charge >= 0.3 is 24.4 Å². The van der Waals surface area contributed by atoms with Gasteiger partial charge in [0.05, 0.1) is 11.1 Å². The van der Waals surface area contributed by atoms with Crippen molar-refractivity contribution in [1.29, 1.82) is 0 Å². The number of carboxylic acids is 1. The fourth-order valence-corrected chi connectivity index (χ4v) is 7.38. The van der Waals surface area contributed by atoms with Gasteiger partial charge in [-0.05, 0) is 67.9 Å². The third-order valence-corrected chi connectivity index (χ3v) is 10.2. The number of likely N-dealkylation sites (N-methyl/N-ethyl adjacent to an activating group) is 1. The van der Waals surface area contributed by atoms with Gasteiger partial charge in [-0.25, -0.2) is 14.8 Å². The van der Waals surface area contributed by atoms with Crippen LogP contribution in [0.5, 0.6) is 0 Å². The molecule has 2 aliphatic heterocycles. The highest BCUT2D eigenvalue weighted by atomic mass is 19.4. The van der Waals surface area contributed by atoms with Crippen LogP contribution in [0.1, 0.15) is 93.4 Å². The lowest BCUT2D eigenvalue weighted by molar-refractivity contribution is -0.151. The Bertz CT molecular complexity index is 1500. The highest BCUT2D eigenvalue weighted by Crippen LogP contribution is 2.41. The molecule has 4 atom stereocenters. The van der Waals surface area contributed by atoms with E-state index in [2.05, 4.69) is 15.1 Å². The van der Waals surface area contributed by atoms with E-state index in [0.717, 1.165) is 18.4 Å². The zero-order chi connectivity index (χ0) is 36.4. The topological polar surface area (TPSA) is 111 Å². The predicted octanol–water partition coefficient (Wildman–Crippen LogP) is 7.34. The highest BCUT2D eigenvalue weighted by Gasteiger charge is 2.45. The molecule has 2 unspecified atom stereocenters. The van der Waals surface area contributed by atoms with Crippen LogP contribution in [-0.2, 0) is 28.4 Å². The summed E-state index contributed by atoms with van der Waals surface area (Å²) in [6, 6.07) is 0.199. The standard InChI is InChI=1S/C34H42F6N6O4/c1-4-26-13-28(14-27(5-2)46(26)31(49)50-20-32(29(47)48)8-6-7-9-32)45(30-41-15-22(16-42-30)23-17-43-44(3)19-23)18-21-10-24(33(35,36)37)12-25(11-21)34(38,39)40/h10-12,15-17,23,26-28H,4-9,13-14,18-20H2,1-3H3,(H,47,48)/t23?,26-,27+,28?. The molecule has 5 rings (SSSR count). The Hall–Kier alpha value is -4.11. The lowest BCUT2D eigenvalue weighted by Crippen LogP contribution is -2.57. The van der Waals surface area contributed by atoms with Gasteiger partial charge in [-0.3, -0.25) is 9.80 Å². The molecule has 2 aromatic rings. The molecule has 1 N–H and O–H groups in total. The molecule has 0 radical (unpaired) electrons. The molecule has 0 spiro atoms. The number of alkyl halides is 6. The third kappa shape index (κ3) is 8.09. The van der Waals surface area contributed by atoms with Crippen LogP contribution in [-0.4, -0.2) is 81.6 Å². The van der Waals surface area contributed by atoms with Gasteiger partial charge in [0.1, 0.15) is 12.0 Å². The van der Waals surface area contributed by atoms with Gasteiger partial charge in [0, 0.05) is 62.8 Å². The third-order valence-electron chi connectivity index (χ3n) is 10.2. The number of carbonyl (C=O) groups excluding carboxylic acids is 1. The molecule has 2 fully saturated rings. The van der Waals surface area contributed by atoms with Gasteiger partial charge < -0.3 is 19.6 Å². The van der Waals surface area contributed by atoms with Crippen molar-refractivity contribution in [3.63, 3.8) is 0 Å². The second-order valence-corrected chi connectivity index (χ2v) is 13.6. The zero-order valence-corrected chi connectivity index (χ0v) is 28.2. The molecule has 274 valence electrons. The van der Waals surface area contributed by atoms with E-state index >= 15 is 0 Å². The summed E-state index contributed by atoms with van der Waals surface area (Å²) < 4.78 is 88.5. The lowest BCUT2D eigenvalue weighted by atomic mass is 9.87. The molecule has 10 nitrogen and oxygen atoms in total. The van der Waals surface area contributed by atoms with Crippen molar-refractivity contribution in [3.05, 3.63) is 52.8 Å². The number of rotatable bonds is 10. The molecular formula is C34H42F6N6O4. The summed E-state index contributed by atoms with van der Waals surface area (Å²) >= 11 is 0. The maximum absolute atomic E-state index is 13.8. The van der Waals surface area contributed by atoms with E-state index in [1.54, 1.807) is 33.4 Å². The molecule has 3 aliphatic rings. The van der Waals surface area contributed by atoms with Crippen LogP contribution in [0.2, 0.25) is 0 Å². The van der Waals surface area contributed by atoms with Crippen LogP contribution in [0.15, 0.2) is 35.7 Å². The predicted molar refractivity (Wildman–Crippen MR) is 171 cm³/mol. The van der Waals surface area contributed by atoms with E-state index in [0.29, 0.717) is 57.2 Å². The number of carbonyl (C=O) groups is 2. The quantitative estimate of drug-likeness (QED) is 0.255. The van der Waals surface area contributed by atoms with Gasteiger partial charge in [0.15, 0.2) is 0 Å². The van der Waals surface area contributed by atoms with Crippen LogP contribution in [0.25, 0.3) is 0 Å². The number of hydrazone groups is 1. The lowest BCUT2D eigenvalue weighted by Gasteiger charge is -2.47. The molecule has 16 heteroatoms. The van der Waals surface area contributed by atoms with Crippen molar-refractivity contribution in [2.24, 2.45) is 10.5 Å². The maximum atomic E-state index is 13.8. The maximum Gasteiger partial charge on any atom is 0.416 e. The van der Waals surface area contributed by atoms with E-state index in [4.69, 9.17) is 4.74 Å². The Balaban J connectivity index is 1.46. The Morgan fingerprint density at radius 2 is 1.52 bits per heavy atom. The Kier molecular flexibility index (Phi) is 10.9. The average Bonchev–Trinajstić information content (AvgIpc) is 3.75. The number of likely N-dealkylation sites (tertiary alicyclic amines) is 1. The second kappa shape index (κ2) is 14.6. The molecule has 50 heavy (non-hydrogen) atoms. The van der Waals surface area contributed by atoms with Gasteiger partial charge in [-0.1, -0.05) is 26.7 Å². The minimum absolute atomic E-state index is 0.0898. The average molecular weight is 713 g/mol. The first kappa shape index (κ1) is 37.2. The van der Waals surface area contributed by atoms with Crippen molar-refractivity contribution in [2.75, 3.05) is 25.1 Å². The van der Waals surface area contributed by atoms with Crippen molar-refractivity contribution in [2.45, 2.75) is 108 Å². The van der Waals surface area contributed by atoms with E-state index in [1.807, 2.05) is 20.9 Å². The first-order valence-corrected chi connectivity index (χ1v) is 16.8. The summed E-state index contributed by atoms with van der Waals surface area (Å²) in [5, 5.41) is 15.8. The monoisotopic (exact) mass is 712 g/mol. The van der Waals surface area contributed by atoms with E-state index in [9.17, 15) is 41.0 Å². The fourth-order valence-electron chi connectivity index (χ4n) is 7.38. The summed E-state index contributed by atoms with van der Waals surface area (Å²) in [6.45, 7) is 3.72. The van der Waals surface area contributed by atoms with Crippen LogP contribution in [0.4, 0.5) is 37.1 Å². The smallest absolute Gasteiger partial charge is 0.416 e. The molecule has 1 aromatic carbocycles. The molecule has 1 aliphatic carbocycles. The second-order valence-electron chi connectivity index (χ2n) is 13.6. The van der Waals surface area contributed by atoms with E-state index < -0.39 is 59.1 Å². The number of hydrogen-bond acceptors (Lipinski definition) is 8. The number of anilines is 1. The van der Waals surface area contributed by atoms with Crippen molar-refractivity contribution in [3.8, 4) is 0 Å². The first-order chi connectivity index (χ1) is 23.5. The number of carboxylic acid groups (broad SMARTS) is 1. The number of amides is 1. The largest absolute Gasteiger partial charge is 0.481 e. The number of benzene rings is 1. The highest BCUT2D eigenvalue weighted by molar-refractivity contribution is 5.76. The van der Waals surface area contributed by atoms with Gasteiger partial charge in [0.2, 0.25) is 5.95 Å². The van der Waals surface area contributed by atoms with Crippen molar-refractivity contribution in [1.82, 2.24) is 19.9 Å². The normalized spacial score (nSPS) is 23.7. The molecule has 0 bridgehead atoms. The van der Waals surface area contributed by atoms with Gasteiger partial charge in [-0.15, -0.1) is 0 Å². The van der Waals surface area contributed by atoms with Gasteiger partial charge in [0.25, 0.3) is 0 Å². The van der Waals surface area contributed by atoms with Gasteiger partial charge in [-0.2, -0.15) is 31.4 Å². The van der Waals surface area contributed by atoms with Crippen LogP contribution >= 0.6 is 0 Å². The molecule has 1 amide bonds. The summed E-state index contributed by atoms with van der Waals surface area (Å²) in [4.78, 5) is 38.0. The number of hydrogen-bond donors (Lipinski definition) is 1. The molecular weight excluding hydrogens is 670 g/mol. The summed E-state index contributed by atoms with van der Waals surface area (Å²) in [5.41, 5.74) is -3.43. The molecule has 1 saturated heterocycles. The fraction of sp³-hybridized carbons (Fsp3) is 0.618. The Labute approximate surface area is 286 Å².